The normalized spacial score (nSPS) is 17.6. The van der Waals surface area contributed by atoms with Crippen LogP contribution in [0.25, 0.3) is 0 Å². The Labute approximate surface area is 123 Å². The second-order valence-corrected chi connectivity index (χ2v) is 4.52. The number of hydrogen-bond acceptors (Lipinski definition) is 7. The molecule has 9 nitrogen and oxygen atoms in total. The van der Waals surface area contributed by atoms with Crippen LogP contribution in [0.15, 0.2) is 10.3 Å². The van der Waals surface area contributed by atoms with Crippen LogP contribution in [0.4, 0.5) is 0 Å². The number of carbonyl (C=O) groups excluding carboxylic acids is 2. The van der Waals surface area contributed by atoms with Gasteiger partial charge in [0, 0.05) is 26.2 Å². The predicted molar refractivity (Wildman–Crippen MR) is 76.8 cm³/mol. The molecule has 0 saturated carbocycles. The molecule has 1 aliphatic heterocycles. The number of piperazine rings is 1. The number of oxime groups is 2. The molecule has 0 radical (unpaired) electrons. The molecule has 0 bridgehead atoms. The van der Waals surface area contributed by atoms with E-state index in [0.717, 1.165) is 0 Å². The van der Waals surface area contributed by atoms with Crippen molar-refractivity contribution in [2.75, 3.05) is 46.9 Å². The maximum Gasteiger partial charge on any atom is 0.278 e. The van der Waals surface area contributed by atoms with Gasteiger partial charge < -0.3 is 20.3 Å². The number of nitrogens with two attached hydrogens (primary N) is 1. The van der Waals surface area contributed by atoms with Gasteiger partial charge in [0.2, 0.25) is 5.91 Å². The first kappa shape index (κ1) is 16.9. The third kappa shape index (κ3) is 5.03. The Morgan fingerprint density at radius 1 is 1.10 bits per heavy atom. The third-order valence-electron chi connectivity index (χ3n) is 3.00. The highest BCUT2D eigenvalue weighted by Crippen LogP contribution is 2.04. The second kappa shape index (κ2) is 8.20. The molecule has 0 aromatic heterocycles. The fourth-order valence-electron chi connectivity index (χ4n) is 2.01. The molecule has 0 aromatic rings. The van der Waals surface area contributed by atoms with Gasteiger partial charge in [-0.3, -0.25) is 14.5 Å². The first-order valence-electron chi connectivity index (χ1n) is 6.48. The highest BCUT2D eigenvalue weighted by Gasteiger charge is 2.27. The van der Waals surface area contributed by atoms with E-state index in [1.807, 2.05) is 4.90 Å². The lowest BCUT2D eigenvalue weighted by Gasteiger charge is -2.33. The van der Waals surface area contributed by atoms with E-state index < -0.39 is 0 Å². The van der Waals surface area contributed by atoms with Gasteiger partial charge in [0.25, 0.3) is 5.91 Å². The van der Waals surface area contributed by atoms with Gasteiger partial charge in [0.05, 0.1) is 6.54 Å². The molecule has 2 amide bonds. The third-order valence-corrected chi connectivity index (χ3v) is 3.00. The lowest BCUT2D eigenvalue weighted by Crippen LogP contribution is -2.52. The minimum atomic E-state index is -0.375. The average molecular weight is 299 g/mol. The molecule has 1 heterocycles. The van der Waals surface area contributed by atoms with Crippen LogP contribution in [0.3, 0.4) is 0 Å². The molecular weight excluding hydrogens is 278 g/mol. The number of hydrogen-bond donors (Lipinski definition) is 1. The van der Waals surface area contributed by atoms with Crippen LogP contribution >= 0.6 is 0 Å². The van der Waals surface area contributed by atoms with Gasteiger partial charge in [0.15, 0.2) is 5.71 Å². The molecule has 1 rings (SSSR count). The van der Waals surface area contributed by atoms with Crippen LogP contribution in [0.2, 0.25) is 0 Å². The number of rotatable bonds is 6. The fourth-order valence-corrected chi connectivity index (χ4v) is 2.01. The van der Waals surface area contributed by atoms with E-state index in [1.165, 1.54) is 14.2 Å². The Bertz CT molecular complexity index is 441. The van der Waals surface area contributed by atoms with Crippen molar-refractivity contribution < 1.29 is 19.3 Å². The molecule has 2 N–H and O–H groups in total. The maximum atomic E-state index is 12.4. The van der Waals surface area contributed by atoms with Gasteiger partial charge in [-0.25, -0.2) is 0 Å². The molecule has 1 aliphatic rings. The zero-order chi connectivity index (χ0) is 15.8. The molecule has 0 atom stereocenters. The lowest BCUT2D eigenvalue weighted by molar-refractivity contribution is -0.126. The minimum Gasteiger partial charge on any atom is -0.399 e. The van der Waals surface area contributed by atoms with Crippen molar-refractivity contribution in [3.63, 3.8) is 0 Å². The Morgan fingerprint density at radius 2 is 1.67 bits per heavy atom. The number of amides is 2. The summed E-state index contributed by atoms with van der Waals surface area (Å²) in [4.78, 5) is 36.1. The molecule has 1 saturated heterocycles. The number of primary amides is 1. The first-order chi connectivity index (χ1) is 9.99. The quantitative estimate of drug-likeness (QED) is 0.481. The van der Waals surface area contributed by atoms with Crippen molar-refractivity contribution in [2.24, 2.45) is 16.0 Å². The van der Waals surface area contributed by atoms with E-state index in [4.69, 9.17) is 5.73 Å². The summed E-state index contributed by atoms with van der Waals surface area (Å²) in [5.41, 5.74) is 5.59. The van der Waals surface area contributed by atoms with Crippen LogP contribution < -0.4 is 5.73 Å². The van der Waals surface area contributed by atoms with Crippen LogP contribution in [0, 0.1) is 0 Å². The van der Waals surface area contributed by atoms with Gasteiger partial charge in [-0.1, -0.05) is 10.3 Å². The molecule has 1 fully saturated rings. The van der Waals surface area contributed by atoms with E-state index in [1.54, 1.807) is 11.8 Å². The van der Waals surface area contributed by atoms with Crippen molar-refractivity contribution in [1.82, 2.24) is 9.80 Å². The highest BCUT2D eigenvalue weighted by atomic mass is 16.6. The molecule has 0 aromatic carbocycles. The standard InChI is InChI=1S/C12H21N5O4/c1-9(14-20-2)11(15-21-3)12(19)17-6-4-16(5-7-17)8-10(13)18/h4-8H2,1-3H3,(H2,13,18). The first-order valence-corrected chi connectivity index (χ1v) is 6.48. The van der Waals surface area contributed by atoms with Gasteiger partial charge in [0.1, 0.15) is 19.9 Å². The molecule has 118 valence electrons. The fraction of sp³-hybridized carbons (Fsp3) is 0.667. The Hall–Kier alpha value is -2.16. The maximum absolute atomic E-state index is 12.4. The van der Waals surface area contributed by atoms with E-state index in [0.29, 0.717) is 31.9 Å². The zero-order valence-electron chi connectivity index (χ0n) is 12.5. The summed E-state index contributed by atoms with van der Waals surface area (Å²) in [6, 6.07) is 0. The molecule has 9 heteroatoms. The highest BCUT2D eigenvalue weighted by molar-refractivity contribution is 6.66. The largest absolute Gasteiger partial charge is 0.399 e. The summed E-state index contributed by atoms with van der Waals surface area (Å²) in [7, 11) is 2.75. The zero-order valence-corrected chi connectivity index (χ0v) is 12.5. The SMILES string of the molecule is CON=C(C)C(=NOC)C(=O)N1CCN(CC(N)=O)CC1. The summed E-state index contributed by atoms with van der Waals surface area (Å²) in [6.07, 6.45) is 0. The van der Waals surface area contributed by atoms with Crippen LogP contribution in [-0.2, 0) is 19.3 Å². The van der Waals surface area contributed by atoms with Crippen molar-refractivity contribution >= 4 is 23.2 Å². The van der Waals surface area contributed by atoms with Crippen molar-refractivity contribution in [2.45, 2.75) is 6.92 Å². The summed E-state index contributed by atoms with van der Waals surface area (Å²) < 4.78 is 0. The van der Waals surface area contributed by atoms with Crippen molar-refractivity contribution in [1.29, 1.82) is 0 Å². The predicted octanol–water partition coefficient (Wildman–Crippen LogP) is -1.36. The smallest absolute Gasteiger partial charge is 0.278 e. The minimum absolute atomic E-state index is 0.0997. The second-order valence-electron chi connectivity index (χ2n) is 4.52. The molecule has 21 heavy (non-hydrogen) atoms. The van der Waals surface area contributed by atoms with Gasteiger partial charge >= 0.3 is 0 Å². The van der Waals surface area contributed by atoms with Gasteiger partial charge in [-0.15, -0.1) is 0 Å². The molecular formula is C12H21N5O4. The van der Waals surface area contributed by atoms with E-state index in [9.17, 15) is 9.59 Å². The van der Waals surface area contributed by atoms with E-state index in [-0.39, 0.29) is 24.1 Å². The van der Waals surface area contributed by atoms with Crippen LogP contribution in [-0.4, -0.2) is 80.0 Å². The molecule has 0 unspecified atom stereocenters. The summed E-state index contributed by atoms with van der Waals surface area (Å²) in [6.45, 7) is 3.93. The topological polar surface area (TPSA) is 110 Å². The number of carbonyl (C=O) groups is 2. The average Bonchev–Trinajstić information content (AvgIpc) is 2.44. The number of nitrogens with zero attached hydrogens (tertiary/aromatic N) is 4. The van der Waals surface area contributed by atoms with Crippen molar-refractivity contribution in [3.05, 3.63) is 0 Å². The summed E-state index contributed by atoms with van der Waals surface area (Å²) in [5.74, 6) is -0.659. The molecule has 0 spiro atoms. The summed E-state index contributed by atoms with van der Waals surface area (Å²) >= 11 is 0. The van der Waals surface area contributed by atoms with Crippen LogP contribution in [0.5, 0.6) is 0 Å². The Kier molecular flexibility index (Phi) is 6.60. The Balaban J connectivity index is 2.68. The van der Waals surface area contributed by atoms with E-state index >= 15 is 0 Å². The van der Waals surface area contributed by atoms with E-state index in [2.05, 4.69) is 20.0 Å². The summed E-state index contributed by atoms with van der Waals surface area (Å²) in [5, 5.41) is 7.41. The monoisotopic (exact) mass is 299 g/mol. The lowest BCUT2D eigenvalue weighted by atomic mass is 10.2. The molecule has 0 aliphatic carbocycles. The van der Waals surface area contributed by atoms with Crippen molar-refractivity contribution in [3.8, 4) is 0 Å². The van der Waals surface area contributed by atoms with Crippen LogP contribution in [0.1, 0.15) is 6.92 Å². The Morgan fingerprint density at radius 3 is 2.14 bits per heavy atom. The van der Waals surface area contributed by atoms with Gasteiger partial charge in [-0.2, -0.15) is 0 Å². The van der Waals surface area contributed by atoms with Gasteiger partial charge in [-0.05, 0) is 6.92 Å².